The number of benzene rings is 4. The van der Waals surface area contributed by atoms with Crippen molar-refractivity contribution in [3.63, 3.8) is 0 Å². The Labute approximate surface area is 196 Å². The van der Waals surface area contributed by atoms with Gasteiger partial charge in [0.1, 0.15) is 0 Å². The summed E-state index contributed by atoms with van der Waals surface area (Å²) in [6, 6.07) is 35.9. The molecule has 0 unspecified atom stereocenters. The van der Waals surface area contributed by atoms with Gasteiger partial charge in [-0.25, -0.2) is 9.97 Å². The fourth-order valence-electron chi connectivity index (χ4n) is 4.93. The highest BCUT2D eigenvalue weighted by molar-refractivity contribution is 6.18. The van der Waals surface area contributed by atoms with Crippen molar-refractivity contribution in [3.8, 4) is 22.8 Å². The number of aromatic nitrogens is 4. The molecule has 3 aromatic heterocycles. The molecule has 0 N–H and O–H groups in total. The van der Waals surface area contributed by atoms with Crippen LogP contribution >= 0.6 is 0 Å². The average molecular weight is 437 g/mol. The van der Waals surface area contributed by atoms with Crippen LogP contribution < -0.4 is 0 Å². The summed E-state index contributed by atoms with van der Waals surface area (Å²) in [6.45, 7) is 0. The minimum absolute atomic E-state index is 0.729. The van der Waals surface area contributed by atoms with Crippen LogP contribution in [-0.2, 0) is 0 Å². The number of hydrogen-bond acceptors (Lipinski definition) is 2. The van der Waals surface area contributed by atoms with Crippen molar-refractivity contribution in [2.24, 2.45) is 0 Å². The van der Waals surface area contributed by atoms with Crippen LogP contribution in [0.3, 0.4) is 0 Å². The summed E-state index contributed by atoms with van der Waals surface area (Å²) in [7, 11) is 0. The molecule has 3 heterocycles. The highest BCUT2D eigenvalue weighted by Gasteiger charge is 2.16. The van der Waals surface area contributed by atoms with E-state index in [1.54, 1.807) is 0 Å². The molecule has 0 fully saturated rings. The summed E-state index contributed by atoms with van der Waals surface area (Å²) in [6.07, 6.45) is 5.90. The maximum atomic E-state index is 4.64. The first kappa shape index (κ1) is 18.8. The van der Waals surface area contributed by atoms with Gasteiger partial charge < -0.3 is 9.13 Å². The molecular weight excluding hydrogens is 416 g/mol. The van der Waals surface area contributed by atoms with E-state index in [2.05, 4.69) is 98.1 Å². The van der Waals surface area contributed by atoms with Gasteiger partial charge >= 0.3 is 0 Å². The Bertz CT molecular complexity index is 1780. The smallest absolute Gasteiger partial charge is 0.159 e. The SMILES string of the molecule is c1ccc(-c2ncc(-n3ccc4c3ccc3c5ccccc5n(-c5ccccc5)c34)cn2)cc1. The highest BCUT2D eigenvalue weighted by Crippen LogP contribution is 2.37. The third-order valence-corrected chi connectivity index (χ3v) is 6.47. The second kappa shape index (κ2) is 7.42. The zero-order chi connectivity index (χ0) is 22.5. The van der Waals surface area contributed by atoms with E-state index in [0.717, 1.165) is 28.3 Å². The number of rotatable bonds is 3. The van der Waals surface area contributed by atoms with Gasteiger partial charge in [0.15, 0.2) is 5.82 Å². The van der Waals surface area contributed by atoms with Crippen LogP contribution in [0.1, 0.15) is 0 Å². The lowest BCUT2D eigenvalue weighted by molar-refractivity contribution is 1.05. The van der Waals surface area contributed by atoms with Gasteiger partial charge in [-0.2, -0.15) is 0 Å². The normalized spacial score (nSPS) is 11.5. The molecule has 4 aromatic carbocycles. The maximum absolute atomic E-state index is 4.64. The standard InChI is InChI=1S/C30H20N4/c1-3-9-21(10-4-1)30-31-19-23(20-32-30)33-18-17-26-27(33)16-15-25-24-13-7-8-14-28(24)34(29(25)26)22-11-5-2-6-12-22/h1-20H. The van der Waals surface area contributed by atoms with E-state index in [9.17, 15) is 0 Å². The molecule has 0 saturated carbocycles. The Hall–Kier alpha value is -4.70. The molecule has 4 heteroatoms. The van der Waals surface area contributed by atoms with Gasteiger partial charge in [0.05, 0.1) is 34.6 Å². The lowest BCUT2D eigenvalue weighted by atomic mass is 10.1. The first-order chi connectivity index (χ1) is 16.9. The molecule has 0 saturated heterocycles. The monoisotopic (exact) mass is 436 g/mol. The molecule has 0 aliphatic heterocycles. The van der Waals surface area contributed by atoms with Crippen LogP contribution in [0.25, 0.3) is 55.5 Å². The Morgan fingerprint density at radius 1 is 0.500 bits per heavy atom. The summed E-state index contributed by atoms with van der Waals surface area (Å²) in [5, 5.41) is 3.71. The summed E-state index contributed by atoms with van der Waals surface area (Å²) < 4.78 is 4.53. The van der Waals surface area contributed by atoms with Crippen LogP contribution in [-0.4, -0.2) is 19.1 Å². The Balaban J connectivity index is 1.46. The first-order valence-corrected chi connectivity index (χ1v) is 11.3. The summed E-state index contributed by atoms with van der Waals surface area (Å²) in [5.41, 5.74) is 6.66. The molecule has 0 spiro atoms. The minimum atomic E-state index is 0.729. The summed E-state index contributed by atoms with van der Waals surface area (Å²) in [5.74, 6) is 0.729. The lowest BCUT2D eigenvalue weighted by Crippen LogP contribution is -1.97. The Morgan fingerprint density at radius 2 is 1.21 bits per heavy atom. The van der Waals surface area contributed by atoms with Crippen LogP contribution in [0.15, 0.2) is 122 Å². The maximum Gasteiger partial charge on any atom is 0.159 e. The number of para-hydroxylation sites is 2. The summed E-state index contributed by atoms with van der Waals surface area (Å²) in [4.78, 5) is 9.27. The highest BCUT2D eigenvalue weighted by atomic mass is 15.0. The van der Waals surface area contributed by atoms with E-state index in [1.807, 2.05) is 42.7 Å². The van der Waals surface area contributed by atoms with Crippen molar-refractivity contribution in [2.75, 3.05) is 0 Å². The first-order valence-electron chi connectivity index (χ1n) is 11.3. The minimum Gasteiger partial charge on any atom is -0.314 e. The van der Waals surface area contributed by atoms with Gasteiger partial charge in [-0.3, -0.25) is 0 Å². The molecule has 0 atom stereocenters. The molecule has 34 heavy (non-hydrogen) atoms. The van der Waals surface area contributed by atoms with Gasteiger partial charge in [-0.1, -0.05) is 72.8 Å². The van der Waals surface area contributed by atoms with Crippen LogP contribution in [0.2, 0.25) is 0 Å². The predicted octanol–water partition coefficient (Wildman–Crippen LogP) is 7.18. The van der Waals surface area contributed by atoms with Gasteiger partial charge in [0.2, 0.25) is 0 Å². The van der Waals surface area contributed by atoms with Gasteiger partial charge in [0.25, 0.3) is 0 Å². The number of nitrogens with zero attached hydrogens (tertiary/aromatic N) is 4. The van der Waals surface area contributed by atoms with Crippen molar-refractivity contribution in [3.05, 3.63) is 122 Å². The lowest BCUT2D eigenvalue weighted by Gasteiger charge is -2.09. The Kier molecular flexibility index (Phi) is 4.11. The molecule has 0 aliphatic carbocycles. The predicted molar refractivity (Wildman–Crippen MR) is 139 cm³/mol. The zero-order valence-corrected chi connectivity index (χ0v) is 18.3. The largest absolute Gasteiger partial charge is 0.314 e. The molecule has 0 bridgehead atoms. The van der Waals surface area contributed by atoms with Crippen molar-refractivity contribution >= 4 is 32.7 Å². The number of hydrogen-bond donors (Lipinski definition) is 0. The van der Waals surface area contributed by atoms with Crippen molar-refractivity contribution in [1.82, 2.24) is 19.1 Å². The molecule has 7 aromatic rings. The van der Waals surface area contributed by atoms with E-state index < -0.39 is 0 Å². The third kappa shape index (κ3) is 2.79. The van der Waals surface area contributed by atoms with E-state index in [4.69, 9.17) is 0 Å². The van der Waals surface area contributed by atoms with Crippen LogP contribution in [0.4, 0.5) is 0 Å². The Morgan fingerprint density at radius 3 is 2.00 bits per heavy atom. The average Bonchev–Trinajstić information content (AvgIpc) is 3.49. The van der Waals surface area contributed by atoms with Crippen molar-refractivity contribution < 1.29 is 0 Å². The zero-order valence-electron chi connectivity index (χ0n) is 18.3. The van der Waals surface area contributed by atoms with Crippen LogP contribution in [0, 0.1) is 0 Å². The topological polar surface area (TPSA) is 35.6 Å². The molecule has 0 radical (unpaired) electrons. The third-order valence-electron chi connectivity index (χ3n) is 6.47. The number of fused-ring (bicyclic) bond motifs is 5. The van der Waals surface area contributed by atoms with E-state index in [1.165, 1.54) is 27.2 Å². The van der Waals surface area contributed by atoms with Crippen LogP contribution in [0.5, 0.6) is 0 Å². The quantitative estimate of drug-likeness (QED) is 0.294. The van der Waals surface area contributed by atoms with Gasteiger partial charge in [-0.05, 0) is 30.3 Å². The summed E-state index contributed by atoms with van der Waals surface area (Å²) >= 11 is 0. The fraction of sp³-hybridized carbons (Fsp3) is 0. The second-order valence-corrected chi connectivity index (χ2v) is 8.40. The van der Waals surface area contributed by atoms with Gasteiger partial charge in [0, 0.05) is 33.6 Å². The fourth-order valence-corrected chi connectivity index (χ4v) is 4.93. The second-order valence-electron chi connectivity index (χ2n) is 8.40. The van der Waals surface area contributed by atoms with E-state index in [-0.39, 0.29) is 0 Å². The molecule has 7 rings (SSSR count). The van der Waals surface area contributed by atoms with Gasteiger partial charge in [-0.15, -0.1) is 0 Å². The molecule has 160 valence electrons. The molecular formula is C30H20N4. The molecule has 4 nitrogen and oxygen atoms in total. The van der Waals surface area contributed by atoms with Crippen molar-refractivity contribution in [1.29, 1.82) is 0 Å². The van der Waals surface area contributed by atoms with E-state index in [0.29, 0.717) is 0 Å². The van der Waals surface area contributed by atoms with Crippen molar-refractivity contribution in [2.45, 2.75) is 0 Å². The molecule has 0 aliphatic rings. The molecule has 0 amide bonds. The van der Waals surface area contributed by atoms with E-state index >= 15 is 0 Å².